The number of nitrogens with one attached hydrogen (secondary N) is 1. The van der Waals surface area contributed by atoms with Crippen molar-refractivity contribution in [2.45, 2.75) is 67.4 Å². The monoisotopic (exact) mass is 424 g/mol. The van der Waals surface area contributed by atoms with Crippen molar-refractivity contribution in [3.05, 3.63) is 51.2 Å². The Bertz CT molecular complexity index is 1200. The summed E-state index contributed by atoms with van der Waals surface area (Å²) in [5.41, 5.74) is 6.39. The van der Waals surface area contributed by atoms with E-state index in [2.05, 4.69) is 15.1 Å². The highest BCUT2D eigenvalue weighted by atomic mass is 16.5. The number of fused-ring (bicyclic) bond motifs is 1. The summed E-state index contributed by atoms with van der Waals surface area (Å²) >= 11 is 0. The predicted molar refractivity (Wildman–Crippen MR) is 116 cm³/mol. The highest BCUT2D eigenvalue weighted by Gasteiger charge is 2.26. The molecule has 164 valence electrons. The van der Waals surface area contributed by atoms with Gasteiger partial charge in [0.05, 0.1) is 11.4 Å². The highest BCUT2D eigenvalue weighted by Crippen LogP contribution is 2.21. The van der Waals surface area contributed by atoms with Crippen LogP contribution in [0.25, 0.3) is 5.65 Å². The minimum atomic E-state index is -0.958. The summed E-state index contributed by atoms with van der Waals surface area (Å²) < 4.78 is 7.16. The molecule has 3 aromatic heterocycles. The Hall–Kier alpha value is -3.29. The number of carbonyl (C=O) groups excluding carboxylic acids is 3. The van der Waals surface area contributed by atoms with Crippen LogP contribution in [0.2, 0.25) is 0 Å². The van der Waals surface area contributed by atoms with Crippen molar-refractivity contribution in [2.75, 3.05) is 0 Å². The minimum absolute atomic E-state index is 0.112. The summed E-state index contributed by atoms with van der Waals surface area (Å²) in [5.74, 6) is -0.938. The molecule has 0 saturated carbocycles. The second-order valence-corrected chi connectivity index (χ2v) is 7.99. The topological polar surface area (TPSA) is 106 Å². The van der Waals surface area contributed by atoms with E-state index in [4.69, 9.17) is 4.74 Å². The Balaban J connectivity index is 1.69. The molecular weight excluding hydrogens is 396 g/mol. The van der Waals surface area contributed by atoms with E-state index in [-0.39, 0.29) is 18.0 Å². The maximum absolute atomic E-state index is 12.8. The second kappa shape index (κ2) is 8.45. The van der Waals surface area contributed by atoms with Gasteiger partial charge in [-0.25, -0.2) is 9.50 Å². The van der Waals surface area contributed by atoms with Gasteiger partial charge in [-0.05, 0) is 66.0 Å². The van der Waals surface area contributed by atoms with Crippen LogP contribution in [-0.4, -0.2) is 43.2 Å². The van der Waals surface area contributed by atoms with Crippen molar-refractivity contribution < 1.29 is 19.1 Å². The predicted octanol–water partition coefficient (Wildman–Crippen LogP) is 3.55. The van der Waals surface area contributed by atoms with Crippen molar-refractivity contribution in [3.8, 4) is 0 Å². The van der Waals surface area contributed by atoms with Gasteiger partial charge in [-0.15, -0.1) is 0 Å². The summed E-state index contributed by atoms with van der Waals surface area (Å²) in [5, 5.41) is 4.44. The number of carbonyl (C=O) groups is 3. The smallest absolute Gasteiger partial charge is 0.306 e. The van der Waals surface area contributed by atoms with Crippen LogP contribution in [0.1, 0.15) is 75.0 Å². The van der Waals surface area contributed by atoms with Gasteiger partial charge in [0, 0.05) is 35.1 Å². The van der Waals surface area contributed by atoms with E-state index < -0.39 is 12.1 Å². The quantitative estimate of drug-likeness (QED) is 0.459. The van der Waals surface area contributed by atoms with Gasteiger partial charge in [0.25, 0.3) is 0 Å². The minimum Gasteiger partial charge on any atom is -0.454 e. The van der Waals surface area contributed by atoms with Crippen LogP contribution in [0, 0.1) is 34.6 Å². The summed E-state index contributed by atoms with van der Waals surface area (Å²) in [7, 11) is 0. The van der Waals surface area contributed by atoms with Crippen LogP contribution >= 0.6 is 0 Å². The molecule has 0 aromatic carbocycles. The zero-order valence-electron chi connectivity index (χ0n) is 19.0. The van der Waals surface area contributed by atoms with E-state index >= 15 is 0 Å². The van der Waals surface area contributed by atoms with Gasteiger partial charge in [0.15, 0.2) is 17.5 Å². The zero-order chi connectivity index (χ0) is 23.0. The number of Topliss-reactive ketones (excluding diaryl/α,β-unsaturated/α-hetero) is 2. The molecule has 3 aromatic rings. The van der Waals surface area contributed by atoms with E-state index in [0.29, 0.717) is 28.9 Å². The molecule has 0 aliphatic heterocycles. The van der Waals surface area contributed by atoms with Crippen LogP contribution in [0.15, 0.2) is 6.07 Å². The maximum atomic E-state index is 12.8. The van der Waals surface area contributed by atoms with Gasteiger partial charge < -0.3 is 9.72 Å². The molecule has 0 bridgehead atoms. The average molecular weight is 425 g/mol. The molecule has 0 radical (unpaired) electrons. The molecule has 0 fully saturated rings. The van der Waals surface area contributed by atoms with E-state index in [1.165, 1.54) is 6.92 Å². The lowest BCUT2D eigenvalue weighted by molar-refractivity contribution is -0.146. The Morgan fingerprint density at radius 3 is 2.45 bits per heavy atom. The van der Waals surface area contributed by atoms with Crippen molar-refractivity contribution in [2.24, 2.45) is 0 Å². The standard InChI is InChI=1S/C23H28N4O4/c1-11-10-19-24-13(3)18(15(5)27(19)26-11)8-9-20(29)31-17(7)23(30)22-12(2)21(16(6)28)14(4)25-22/h10,17,25H,8-9H2,1-7H3/t17-/m0/s1. The molecule has 8 heteroatoms. The average Bonchev–Trinajstić information content (AvgIpc) is 3.19. The summed E-state index contributed by atoms with van der Waals surface area (Å²) in [6, 6.07) is 1.91. The van der Waals surface area contributed by atoms with Gasteiger partial charge in [0.2, 0.25) is 5.78 Å². The zero-order valence-corrected chi connectivity index (χ0v) is 19.0. The van der Waals surface area contributed by atoms with Gasteiger partial charge in [-0.1, -0.05) is 0 Å². The first-order chi connectivity index (χ1) is 14.5. The van der Waals surface area contributed by atoms with Crippen molar-refractivity contribution in [1.29, 1.82) is 0 Å². The first-order valence-electron chi connectivity index (χ1n) is 10.3. The number of aromatic amines is 1. The van der Waals surface area contributed by atoms with Gasteiger partial charge in [0.1, 0.15) is 0 Å². The van der Waals surface area contributed by atoms with E-state index in [1.54, 1.807) is 25.3 Å². The molecule has 0 spiro atoms. The van der Waals surface area contributed by atoms with Crippen LogP contribution in [0.4, 0.5) is 0 Å². The molecule has 0 saturated heterocycles. The van der Waals surface area contributed by atoms with E-state index in [1.807, 2.05) is 26.8 Å². The number of ketones is 2. The number of hydrogen-bond donors (Lipinski definition) is 1. The number of H-pyrrole nitrogens is 1. The molecule has 0 amide bonds. The van der Waals surface area contributed by atoms with E-state index in [0.717, 1.165) is 28.3 Å². The highest BCUT2D eigenvalue weighted by molar-refractivity contribution is 6.05. The normalized spacial score (nSPS) is 12.2. The number of aryl methyl sites for hydroxylation is 4. The number of aromatic nitrogens is 4. The summed E-state index contributed by atoms with van der Waals surface area (Å²) in [6.45, 7) is 12.2. The van der Waals surface area contributed by atoms with Crippen molar-refractivity contribution in [3.63, 3.8) is 0 Å². The third kappa shape index (κ3) is 4.28. The maximum Gasteiger partial charge on any atom is 0.306 e. The lowest BCUT2D eigenvalue weighted by Gasteiger charge is -2.14. The number of esters is 1. The second-order valence-electron chi connectivity index (χ2n) is 7.99. The molecule has 3 rings (SSSR count). The molecule has 0 aliphatic carbocycles. The molecule has 1 N–H and O–H groups in total. The van der Waals surface area contributed by atoms with Crippen LogP contribution in [0.5, 0.6) is 0 Å². The largest absolute Gasteiger partial charge is 0.454 e. The lowest BCUT2D eigenvalue weighted by atomic mass is 10.0. The lowest BCUT2D eigenvalue weighted by Crippen LogP contribution is -2.25. The fourth-order valence-electron chi connectivity index (χ4n) is 4.07. The Labute approximate surface area is 181 Å². The van der Waals surface area contributed by atoms with Crippen LogP contribution in [-0.2, 0) is 16.0 Å². The van der Waals surface area contributed by atoms with Crippen LogP contribution in [0.3, 0.4) is 0 Å². The third-order valence-electron chi connectivity index (χ3n) is 5.58. The SMILES string of the molecule is CC(=O)c1c(C)[nH]c(C(=O)[C@H](C)OC(=O)CCc2c(C)nc3cc(C)nn3c2C)c1C. The van der Waals surface area contributed by atoms with Crippen LogP contribution < -0.4 is 0 Å². The van der Waals surface area contributed by atoms with Crippen molar-refractivity contribution >= 4 is 23.2 Å². The van der Waals surface area contributed by atoms with E-state index in [9.17, 15) is 14.4 Å². The fraction of sp³-hybridized carbons (Fsp3) is 0.435. The fourth-order valence-corrected chi connectivity index (χ4v) is 4.07. The molecule has 8 nitrogen and oxygen atoms in total. The summed E-state index contributed by atoms with van der Waals surface area (Å²) in [6.07, 6.45) is -0.400. The first-order valence-corrected chi connectivity index (χ1v) is 10.3. The Morgan fingerprint density at radius 2 is 1.84 bits per heavy atom. The number of nitrogens with zero attached hydrogens (tertiary/aromatic N) is 3. The first kappa shape index (κ1) is 22.4. The molecule has 1 atom stereocenters. The van der Waals surface area contributed by atoms with Gasteiger partial charge >= 0.3 is 5.97 Å². The number of rotatable bonds is 7. The molecule has 0 aliphatic rings. The Morgan fingerprint density at radius 1 is 1.16 bits per heavy atom. The molecular formula is C23H28N4O4. The third-order valence-corrected chi connectivity index (χ3v) is 5.58. The van der Waals surface area contributed by atoms with Gasteiger partial charge in [-0.2, -0.15) is 5.10 Å². The molecule has 3 heterocycles. The number of ether oxygens (including phenoxy) is 1. The van der Waals surface area contributed by atoms with Crippen molar-refractivity contribution in [1.82, 2.24) is 19.6 Å². The molecule has 0 unspecified atom stereocenters. The molecule has 31 heavy (non-hydrogen) atoms. The number of hydrogen-bond acceptors (Lipinski definition) is 6. The Kier molecular flexibility index (Phi) is 6.10. The van der Waals surface area contributed by atoms with Gasteiger partial charge in [-0.3, -0.25) is 14.4 Å². The summed E-state index contributed by atoms with van der Waals surface area (Å²) in [4.78, 5) is 44.5.